The molecule has 186 valence electrons. The van der Waals surface area contributed by atoms with Gasteiger partial charge in [0.05, 0.1) is 6.61 Å². The molecule has 0 saturated carbocycles. The van der Waals surface area contributed by atoms with E-state index in [9.17, 15) is 9.59 Å². The lowest BCUT2D eigenvalue weighted by Crippen LogP contribution is -2.56. The molecule has 1 atom stereocenters. The van der Waals surface area contributed by atoms with Crippen LogP contribution in [0.4, 0.5) is 0 Å². The zero-order chi connectivity index (χ0) is 25.1. The number of hydrogen-bond acceptors (Lipinski definition) is 4. The molecule has 1 saturated heterocycles. The smallest absolute Gasteiger partial charge is 0.270 e. The maximum atomic E-state index is 13.7. The highest BCUT2D eigenvalue weighted by Crippen LogP contribution is 2.28. The number of rotatable bonds is 7. The lowest BCUT2D eigenvalue weighted by Gasteiger charge is -2.40. The number of carbonyl (C=O) groups excluding carboxylic acids is 2. The molecule has 0 bridgehead atoms. The minimum Gasteiger partial charge on any atom is -0.367 e. The summed E-state index contributed by atoms with van der Waals surface area (Å²) in [6.45, 7) is 6.74. The second-order valence-corrected chi connectivity index (χ2v) is 10.3. The van der Waals surface area contributed by atoms with Gasteiger partial charge in [-0.1, -0.05) is 54.6 Å². The van der Waals surface area contributed by atoms with Crippen LogP contribution in [0.3, 0.4) is 0 Å². The van der Waals surface area contributed by atoms with Crippen molar-refractivity contribution in [3.63, 3.8) is 0 Å². The fourth-order valence-electron chi connectivity index (χ4n) is 4.85. The highest BCUT2D eigenvalue weighted by molar-refractivity contribution is 7.16. The van der Waals surface area contributed by atoms with Crippen molar-refractivity contribution in [3.8, 4) is 0 Å². The van der Waals surface area contributed by atoms with Gasteiger partial charge in [-0.05, 0) is 48.1 Å². The Labute approximate surface area is 215 Å². The summed E-state index contributed by atoms with van der Waals surface area (Å²) < 4.78 is 7.80. The number of piperazine rings is 1. The average molecular weight is 502 g/mol. The second-order valence-electron chi connectivity index (χ2n) is 9.39. The van der Waals surface area contributed by atoms with Gasteiger partial charge < -0.3 is 19.1 Å². The number of fused-ring (bicyclic) bond motifs is 1. The number of thiophene rings is 1. The van der Waals surface area contributed by atoms with Crippen molar-refractivity contribution in [2.75, 3.05) is 26.2 Å². The summed E-state index contributed by atoms with van der Waals surface area (Å²) in [4.78, 5) is 31.3. The summed E-state index contributed by atoms with van der Waals surface area (Å²) in [6.07, 6.45) is 0. The zero-order valence-electron chi connectivity index (χ0n) is 20.7. The Morgan fingerprint density at radius 2 is 1.81 bits per heavy atom. The van der Waals surface area contributed by atoms with Crippen LogP contribution < -0.4 is 0 Å². The quantitative estimate of drug-likeness (QED) is 0.360. The summed E-state index contributed by atoms with van der Waals surface area (Å²) in [7, 11) is 0. The number of amides is 2. The van der Waals surface area contributed by atoms with Gasteiger partial charge in [-0.2, -0.15) is 0 Å². The van der Waals surface area contributed by atoms with Gasteiger partial charge in [0.25, 0.3) is 5.91 Å². The minimum absolute atomic E-state index is 0.0197. The van der Waals surface area contributed by atoms with Gasteiger partial charge in [0.2, 0.25) is 5.91 Å². The first-order valence-electron chi connectivity index (χ1n) is 12.3. The van der Waals surface area contributed by atoms with E-state index in [1.54, 1.807) is 11.3 Å². The first-order chi connectivity index (χ1) is 17.5. The van der Waals surface area contributed by atoms with Crippen LogP contribution in [-0.4, -0.2) is 58.5 Å². The predicted octanol–water partition coefficient (Wildman–Crippen LogP) is 4.95. The number of aromatic nitrogens is 1. The van der Waals surface area contributed by atoms with Crippen molar-refractivity contribution < 1.29 is 14.3 Å². The van der Waals surface area contributed by atoms with Crippen LogP contribution in [0.25, 0.3) is 10.2 Å². The molecule has 1 fully saturated rings. The Kier molecular flexibility index (Phi) is 7.20. The maximum Gasteiger partial charge on any atom is 0.270 e. The monoisotopic (exact) mass is 501 g/mol. The van der Waals surface area contributed by atoms with Crippen molar-refractivity contribution in [1.29, 1.82) is 0 Å². The lowest BCUT2D eigenvalue weighted by molar-refractivity contribution is -0.140. The van der Waals surface area contributed by atoms with Crippen LogP contribution in [0.1, 0.15) is 34.1 Å². The largest absolute Gasteiger partial charge is 0.367 e. The van der Waals surface area contributed by atoms with Crippen LogP contribution in [0.2, 0.25) is 0 Å². The molecule has 7 heteroatoms. The Balaban J connectivity index is 1.25. The third-order valence-electron chi connectivity index (χ3n) is 6.88. The van der Waals surface area contributed by atoms with Gasteiger partial charge in [-0.15, -0.1) is 11.3 Å². The van der Waals surface area contributed by atoms with Gasteiger partial charge in [-0.3, -0.25) is 9.59 Å². The fourth-order valence-corrected chi connectivity index (χ4v) is 5.75. The fraction of sp³-hybridized carbons (Fsp3) is 0.310. The molecule has 3 heterocycles. The van der Waals surface area contributed by atoms with Crippen molar-refractivity contribution in [3.05, 3.63) is 94.5 Å². The first-order valence-corrected chi connectivity index (χ1v) is 13.2. The van der Waals surface area contributed by atoms with Crippen LogP contribution in [0, 0.1) is 6.92 Å². The van der Waals surface area contributed by atoms with E-state index in [4.69, 9.17) is 4.74 Å². The second kappa shape index (κ2) is 10.7. The van der Waals surface area contributed by atoms with Crippen molar-refractivity contribution in [1.82, 2.24) is 14.4 Å². The molecule has 4 aromatic rings. The number of ether oxygens (including phenoxy) is 1. The maximum absolute atomic E-state index is 13.7. The van der Waals surface area contributed by atoms with E-state index in [2.05, 4.69) is 35.1 Å². The Morgan fingerprint density at radius 1 is 1.03 bits per heavy atom. The van der Waals surface area contributed by atoms with E-state index in [1.165, 1.54) is 11.1 Å². The predicted molar refractivity (Wildman–Crippen MR) is 143 cm³/mol. The molecule has 1 aliphatic heterocycles. The van der Waals surface area contributed by atoms with Crippen LogP contribution in [0.5, 0.6) is 0 Å². The number of carbonyl (C=O) groups is 2. The number of benzene rings is 2. The normalized spacial score (nSPS) is 16.0. The van der Waals surface area contributed by atoms with Gasteiger partial charge >= 0.3 is 0 Å². The van der Waals surface area contributed by atoms with E-state index < -0.39 is 0 Å². The molecule has 2 aromatic carbocycles. The molecule has 2 aromatic heterocycles. The summed E-state index contributed by atoms with van der Waals surface area (Å²) in [6, 6.07) is 22.1. The SMILES string of the molecule is Cc1ccccc1Cn1c(C(=O)N2CCN(C(=O)COCc3ccccc3)[C@H](C)C2)cc2ccsc21. The molecule has 6 nitrogen and oxygen atoms in total. The van der Waals surface area contributed by atoms with Gasteiger partial charge in [0, 0.05) is 37.6 Å². The number of aryl methyl sites for hydroxylation is 1. The number of hydrogen-bond donors (Lipinski definition) is 0. The van der Waals surface area contributed by atoms with Crippen molar-refractivity contribution >= 4 is 33.4 Å². The van der Waals surface area contributed by atoms with E-state index in [-0.39, 0.29) is 24.5 Å². The lowest BCUT2D eigenvalue weighted by atomic mass is 10.1. The van der Waals surface area contributed by atoms with Crippen LogP contribution in [0.15, 0.2) is 72.1 Å². The molecule has 36 heavy (non-hydrogen) atoms. The average Bonchev–Trinajstić information content (AvgIpc) is 3.48. The molecule has 0 aliphatic carbocycles. The van der Waals surface area contributed by atoms with Crippen molar-refractivity contribution in [2.24, 2.45) is 0 Å². The van der Waals surface area contributed by atoms with E-state index in [0.717, 1.165) is 15.8 Å². The molecule has 0 N–H and O–H groups in total. The van der Waals surface area contributed by atoms with Gasteiger partial charge in [-0.25, -0.2) is 0 Å². The van der Waals surface area contributed by atoms with Gasteiger partial charge in [0.1, 0.15) is 17.1 Å². The third kappa shape index (κ3) is 5.08. The molecule has 0 spiro atoms. The van der Waals surface area contributed by atoms with E-state index in [0.29, 0.717) is 38.5 Å². The Morgan fingerprint density at radius 3 is 2.58 bits per heavy atom. The molecular weight excluding hydrogens is 470 g/mol. The standard InChI is InChI=1S/C29H31N3O3S/c1-21-8-6-7-11-25(21)18-32-26(16-24-12-15-36-29(24)32)28(34)30-13-14-31(22(2)17-30)27(33)20-35-19-23-9-4-3-5-10-23/h3-12,15-16,22H,13-14,17-20H2,1-2H3/t22-/m1/s1. The molecule has 1 aliphatic rings. The Hall–Kier alpha value is -3.42. The molecule has 0 radical (unpaired) electrons. The Bertz CT molecular complexity index is 1360. The topological polar surface area (TPSA) is 54.8 Å². The summed E-state index contributed by atoms with van der Waals surface area (Å²) in [5, 5.41) is 3.16. The molecule has 2 amide bonds. The highest BCUT2D eigenvalue weighted by atomic mass is 32.1. The number of nitrogens with zero attached hydrogens (tertiary/aromatic N) is 3. The molecule has 5 rings (SSSR count). The van der Waals surface area contributed by atoms with E-state index in [1.807, 2.05) is 65.3 Å². The minimum atomic E-state index is -0.0728. The van der Waals surface area contributed by atoms with Crippen LogP contribution in [-0.2, 0) is 22.7 Å². The summed E-state index contributed by atoms with van der Waals surface area (Å²) in [5.74, 6) is -0.0137. The third-order valence-corrected chi connectivity index (χ3v) is 7.83. The first kappa shape index (κ1) is 24.3. The highest BCUT2D eigenvalue weighted by Gasteiger charge is 2.31. The van der Waals surface area contributed by atoms with Crippen LogP contribution >= 0.6 is 11.3 Å². The van der Waals surface area contributed by atoms with Gasteiger partial charge in [0.15, 0.2) is 0 Å². The summed E-state index contributed by atoms with van der Waals surface area (Å²) >= 11 is 1.66. The van der Waals surface area contributed by atoms with E-state index >= 15 is 0 Å². The molecular formula is C29H31N3O3S. The summed E-state index contributed by atoms with van der Waals surface area (Å²) in [5.41, 5.74) is 4.17. The zero-order valence-corrected chi connectivity index (χ0v) is 21.5. The van der Waals surface area contributed by atoms with Crippen molar-refractivity contribution in [2.45, 2.75) is 33.0 Å². The molecule has 0 unspecified atom stereocenters.